The Morgan fingerprint density at radius 1 is 1.21 bits per heavy atom. The lowest BCUT2D eigenvalue weighted by Crippen LogP contribution is -1.94. The van der Waals surface area contributed by atoms with Crippen molar-refractivity contribution in [2.75, 3.05) is 13.2 Å². The molecule has 0 saturated heterocycles. The minimum atomic E-state index is 0.497. The van der Waals surface area contributed by atoms with Crippen LogP contribution in [0.15, 0.2) is 36.5 Å². The van der Waals surface area contributed by atoms with Gasteiger partial charge in [0.15, 0.2) is 0 Å². The van der Waals surface area contributed by atoms with Gasteiger partial charge in [-0.3, -0.25) is 4.98 Å². The van der Waals surface area contributed by atoms with Crippen molar-refractivity contribution in [2.45, 2.75) is 26.2 Å². The largest absolute Gasteiger partial charge is 0.369 e. The number of nitrogens with zero attached hydrogens (tertiary/aromatic N) is 1. The van der Waals surface area contributed by atoms with Crippen LogP contribution in [0.5, 0.6) is 0 Å². The summed E-state index contributed by atoms with van der Waals surface area (Å²) in [5, 5.41) is 1.12. The van der Waals surface area contributed by atoms with E-state index < -0.39 is 0 Å². The predicted octanol–water partition coefficient (Wildman–Crippen LogP) is 3.79. The van der Waals surface area contributed by atoms with Crippen molar-refractivity contribution >= 4 is 10.9 Å². The second-order valence-electron chi connectivity index (χ2n) is 4.48. The van der Waals surface area contributed by atoms with Gasteiger partial charge < -0.3 is 4.74 Å². The van der Waals surface area contributed by atoms with Crippen LogP contribution in [0.25, 0.3) is 10.9 Å². The molecule has 0 N–H and O–H groups in total. The van der Waals surface area contributed by atoms with E-state index in [2.05, 4.69) is 35.9 Å². The SMILES string of the molecule is CCCCCOCC#Cc1cnc2ccccc2c1. The van der Waals surface area contributed by atoms with Crippen LogP contribution in [0.2, 0.25) is 0 Å². The Bertz CT molecular complexity index is 580. The van der Waals surface area contributed by atoms with Gasteiger partial charge in [-0.15, -0.1) is 0 Å². The zero-order chi connectivity index (χ0) is 13.3. The smallest absolute Gasteiger partial charge is 0.108 e. The Morgan fingerprint density at radius 3 is 3.00 bits per heavy atom. The second kappa shape index (κ2) is 7.56. The van der Waals surface area contributed by atoms with Crippen LogP contribution in [-0.2, 0) is 4.74 Å². The molecule has 0 fully saturated rings. The molecule has 2 nitrogen and oxygen atoms in total. The van der Waals surface area contributed by atoms with Crippen LogP contribution in [0.4, 0.5) is 0 Å². The maximum absolute atomic E-state index is 5.45. The Kier molecular flexibility index (Phi) is 5.40. The summed E-state index contributed by atoms with van der Waals surface area (Å²) in [7, 11) is 0. The van der Waals surface area contributed by atoms with E-state index >= 15 is 0 Å². The molecule has 19 heavy (non-hydrogen) atoms. The van der Waals surface area contributed by atoms with Crippen LogP contribution in [0.1, 0.15) is 31.7 Å². The summed E-state index contributed by atoms with van der Waals surface area (Å²) in [4.78, 5) is 4.38. The van der Waals surface area contributed by atoms with E-state index in [-0.39, 0.29) is 0 Å². The first-order valence-corrected chi connectivity index (χ1v) is 6.81. The fourth-order valence-electron chi connectivity index (χ4n) is 1.85. The standard InChI is InChI=1S/C17H19NO/c1-2-3-6-11-19-12-7-8-15-13-16-9-4-5-10-17(16)18-14-15/h4-5,9-10,13-14H,2-3,6,11-12H2,1H3. The highest BCUT2D eigenvalue weighted by atomic mass is 16.5. The summed E-state index contributed by atoms with van der Waals surface area (Å²) >= 11 is 0. The number of para-hydroxylation sites is 1. The van der Waals surface area contributed by atoms with Gasteiger partial charge in [-0.2, -0.15) is 0 Å². The second-order valence-corrected chi connectivity index (χ2v) is 4.48. The summed E-state index contributed by atoms with van der Waals surface area (Å²) < 4.78 is 5.45. The first kappa shape index (κ1) is 13.6. The Labute approximate surface area is 114 Å². The lowest BCUT2D eigenvalue weighted by molar-refractivity contribution is 0.162. The molecule has 0 radical (unpaired) electrons. The third-order valence-electron chi connectivity index (χ3n) is 2.89. The Balaban J connectivity index is 1.87. The quantitative estimate of drug-likeness (QED) is 0.597. The molecule has 2 rings (SSSR count). The van der Waals surface area contributed by atoms with Crippen LogP contribution in [-0.4, -0.2) is 18.2 Å². The highest BCUT2D eigenvalue weighted by Crippen LogP contribution is 2.11. The normalized spacial score (nSPS) is 10.2. The number of hydrogen-bond acceptors (Lipinski definition) is 2. The van der Waals surface area contributed by atoms with E-state index in [0.717, 1.165) is 29.5 Å². The molecule has 0 amide bonds. The molecule has 0 saturated carbocycles. The number of rotatable bonds is 5. The van der Waals surface area contributed by atoms with Crippen molar-refractivity contribution in [3.8, 4) is 11.8 Å². The number of aromatic nitrogens is 1. The molecule has 1 aromatic heterocycles. The van der Waals surface area contributed by atoms with Crippen molar-refractivity contribution in [3.63, 3.8) is 0 Å². The third-order valence-corrected chi connectivity index (χ3v) is 2.89. The average molecular weight is 253 g/mol. The minimum absolute atomic E-state index is 0.497. The summed E-state index contributed by atoms with van der Waals surface area (Å²) in [5.41, 5.74) is 1.94. The maximum atomic E-state index is 5.45. The van der Waals surface area contributed by atoms with Gasteiger partial charge >= 0.3 is 0 Å². The molecule has 0 bridgehead atoms. The summed E-state index contributed by atoms with van der Waals surface area (Å²) in [6.45, 7) is 3.49. The molecule has 0 aliphatic carbocycles. The van der Waals surface area contributed by atoms with Crippen LogP contribution in [0.3, 0.4) is 0 Å². The number of ether oxygens (including phenoxy) is 1. The highest BCUT2D eigenvalue weighted by Gasteiger charge is 1.93. The molecule has 0 aliphatic heterocycles. The first-order chi connectivity index (χ1) is 9.40. The van der Waals surface area contributed by atoms with E-state index in [1.54, 1.807) is 0 Å². The molecule has 0 aliphatic rings. The topological polar surface area (TPSA) is 22.1 Å². The lowest BCUT2D eigenvalue weighted by Gasteiger charge is -1.98. The predicted molar refractivity (Wildman–Crippen MR) is 79.0 cm³/mol. The van der Waals surface area contributed by atoms with Crippen molar-refractivity contribution < 1.29 is 4.74 Å². The zero-order valence-electron chi connectivity index (χ0n) is 11.4. The average Bonchev–Trinajstić information content (AvgIpc) is 2.46. The van der Waals surface area contributed by atoms with Gasteiger partial charge in [0.25, 0.3) is 0 Å². The Hall–Kier alpha value is -1.85. The summed E-state index contributed by atoms with van der Waals surface area (Å²) in [5.74, 6) is 6.12. The minimum Gasteiger partial charge on any atom is -0.369 e. The van der Waals surface area contributed by atoms with Crippen molar-refractivity contribution in [1.82, 2.24) is 4.98 Å². The van der Waals surface area contributed by atoms with Gasteiger partial charge in [0.1, 0.15) is 6.61 Å². The van der Waals surface area contributed by atoms with E-state index in [9.17, 15) is 0 Å². The molecule has 2 heteroatoms. The van der Waals surface area contributed by atoms with E-state index in [4.69, 9.17) is 4.74 Å². The Morgan fingerprint density at radius 2 is 2.11 bits per heavy atom. The third kappa shape index (κ3) is 4.39. The van der Waals surface area contributed by atoms with E-state index in [0.29, 0.717) is 6.61 Å². The molecule has 2 aromatic rings. The zero-order valence-corrected chi connectivity index (χ0v) is 11.4. The molecule has 0 spiro atoms. The van der Waals surface area contributed by atoms with Crippen molar-refractivity contribution in [2.24, 2.45) is 0 Å². The van der Waals surface area contributed by atoms with Gasteiger partial charge in [-0.25, -0.2) is 0 Å². The van der Waals surface area contributed by atoms with Gasteiger partial charge in [0.05, 0.1) is 5.52 Å². The molecule has 0 atom stereocenters. The van der Waals surface area contributed by atoms with Crippen molar-refractivity contribution in [3.05, 3.63) is 42.1 Å². The van der Waals surface area contributed by atoms with Crippen LogP contribution < -0.4 is 0 Å². The number of hydrogen-bond donors (Lipinski definition) is 0. The fraction of sp³-hybridized carbons (Fsp3) is 0.353. The molecule has 98 valence electrons. The van der Waals surface area contributed by atoms with Gasteiger partial charge in [0.2, 0.25) is 0 Å². The van der Waals surface area contributed by atoms with E-state index in [1.807, 2.05) is 24.4 Å². The molecule has 0 unspecified atom stereocenters. The summed E-state index contributed by atoms with van der Waals surface area (Å²) in [6.07, 6.45) is 5.38. The lowest BCUT2D eigenvalue weighted by atomic mass is 10.2. The maximum Gasteiger partial charge on any atom is 0.108 e. The van der Waals surface area contributed by atoms with Crippen molar-refractivity contribution in [1.29, 1.82) is 0 Å². The molecular formula is C17H19NO. The fourth-order valence-corrected chi connectivity index (χ4v) is 1.85. The highest BCUT2D eigenvalue weighted by molar-refractivity contribution is 5.79. The van der Waals surface area contributed by atoms with E-state index in [1.165, 1.54) is 12.8 Å². The number of unbranched alkanes of at least 4 members (excludes halogenated alkanes) is 2. The molecule has 1 aromatic carbocycles. The van der Waals surface area contributed by atoms with Crippen LogP contribution >= 0.6 is 0 Å². The van der Waals surface area contributed by atoms with Gasteiger partial charge in [-0.1, -0.05) is 49.8 Å². The van der Waals surface area contributed by atoms with Gasteiger partial charge in [0, 0.05) is 23.8 Å². The monoisotopic (exact) mass is 253 g/mol. The van der Waals surface area contributed by atoms with Gasteiger partial charge in [-0.05, 0) is 18.6 Å². The number of pyridine rings is 1. The van der Waals surface area contributed by atoms with Crippen LogP contribution in [0, 0.1) is 11.8 Å². The molecular weight excluding hydrogens is 234 g/mol. The number of fused-ring (bicyclic) bond motifs is 1. The molecule has 1 heterocycles. The number of benzene rings is 1. The first-order valence-electron chi connectivity index (χ1n) is 6.81. The summed E-state index contributed by atoms with van der Waals surface area (Å²) in [6, 6.07) is 10.1.